The normalized spacial score (nSPS) is 20.7. The maximum absolute atomic E-state index is 11.7. The largest absolute Gasteiger partial charge is 0.295 e. The molecule has 0 bridgehead atoms. The topological polar surface area (TPSA) is 46.1 Å². The van der Waals surface area contributed by atoms with E-state index in [4.69, 9.17) is 0 Å². The Bertz CT molecular complexity index is 403. The summed E-state index contributed by atoms with van der Waals surface area (Å²) in [6, 6.07) is 0. The van der Waals surface area contributed by atoms with E-state index >= 15 is 0 Å². The average Bonchev–Trinajstić information content (AvgIpc) is 2.60. The molecule has 2 heterocycles. The summed E-state index contributed by atoms with van der Waals surface area (Å²) in [4.78, 5) is 21.7. The summed E-state index contributed by atoms with van der Waals surface area (Å²) in [5.41, 5.74) is 0.788. The molecule has 0 radical (unpaired) electrons. The van der Waals surface area contributed by atoms with Gasteiger partial charge in [0.15, 0.2) is 5.82 Å². The van der Waals surface area contributed by atoms with Gasteiger partial charge >= 0.3 is 0 Å². The standard InChI is InChI=1S/C11H13N3O/c1-3-9-6-10(15)14(7-9)11-8(2)12-4-5-13-11/h3-5,9H,1,6-7H2,2H3. The van der Waals surface area contributed by atoms with Crippen molar-refractivity contribution in [2.75, 3.05) is 11.4 Å². The Morgan fingerprint density at radius 2 is 2.27 bits per heavy atom. The first kappa shape index (κ1) is 9.83. The van der Waals surface area contributed by atoms with Gasteiger partial charge in [0.25, 0.3) is 0 Å². The number of carbonyl (C=O) groups excluding carboxylic acids is 1. The molecule has 1 unspecified atom stereocenters. The number of amides is 1. The van der Waals surface area contributed by atoms with Crippen molar-refractivity contribution in [2.24, 2.45) is 5.92 Å². The summed E-state index contributed by atoms with van der Waals surface area (Å²) < 4.78 is 0. The number of aromatic nitrogens is 2. The SMILES string of the molecule is C=CC1CC(=O)N(c2nccnc2C)C1. The molecular weight excluding hydrogens is 190 g/mol. The minimum Gasteiger partial charge on any atom is -0.295 e. The molecule has 1 aliphatic rings. The number of carbonyl (C=O) groups is 1. The molecule has 0 N–H and O–H groups in total. The minimum atomic E-state index is 0.100. The fourth-order valence-electron chi connectivity index (χ4n) is 1.76. The van der Waals surface area contributed by atoms with Crippen LogP contribution >= 0.6 is 0 Å². The zero-order valence-corrected chi connectivity index (χ0v) is 8.68. The molecule has 4 heteroatoms. The van der Waals surface area contributed by atoms with Gasteiger partial charge in [0.1, 0.15) is 0 Å². The van der Waals surface area contributed by atoms with Crippen LogP contribution in [0.1, 0.15) is 12.1 Å². The van der Waals surface area contributed by atoms with Gasteiger partial charge in [-0.25, -0.2) is 4.98 Å². The van der Waals surface area contributed by atoms with Crippen LogP contribution in [0.5, 0.6) is 0 Å². The van der Waals surface area contributed by atoms with Crippen LogP contribution in [0.15, 0.2) is 25.0 Å². The molecule has 15 heavy (non-hydrogen) atoms. The maximum Gasteiger partial charge on any atom is 0.228 e. The van der Waals surface area contributed by atoms with Crippen LogP contribution in [0.4, 0.5) is 5.82 Å². The number of aryl methyl sites for hydroxylation is 1. The molecule has 1 atom stereocenters. The number of nitrogens with zero attached hydrogens (tertiary/aromatic N) is 3. The predicted octanol–water partition coefficient (Wildman–Crippen LogP) is 1.32. The Morgan fingerprint density at radius 1 is 1.53 bits per heavy atom. The second-order valence-electron chi connectivity index (χ2n) is 3.67. The van der Waals surface area contributed by atoms with Crippen molar-refractivity contribution in [3.63, 3.8) is 0 Å². The molecule has 4 nitrogen and oxygen atoms in total. The van der Waals surface area contributed by atoms with E-state index in [-0.39, 0.29) is 11.8 Å². The lowest BCUT2D eigenvalue weighted by molar-refractivity contribution is -0.117. The van der Waals surface area contributed by atoms with E-state index in [9.17, 15) is 4.79 Å². The molecule has 1 aromatic heterocycles. The molecule has 1 aliphatic heterocycles. The number of rotatable bonds is 2. The molecule has 1 saturated heterocycles. The smallest absolute Gasteiger partial charge is 0.228 e. The van der Waals surface area contributed by atoms with Gasteiger partial charge in [-0.3, -0.25) is 14.7 Å². The Labute approximate surface area is 88.7 Å². The van der Waals surface area contributed by atoms with Crippen LogP contribution in [-0.2, 0) is 4.79 Å². The van der Waals surface area contributed by atoms with E-state index in [1.54, 1.807) is 17.3 Å². The van der Waals surface area contributed by atoms with E-state index in [2.05, 4.69) is 16.5 Å². The molecule has 0 aromatic carbocycles. The van der Waals surface area contributed by atoms with Crippen molar-refractivity contribution in [2.45, 2.75) is 13.3 Å². The predicted molar refractivity (Wildman–Crippen MR) is 57.4 cm³/mol. The molecular formula is C11H13N3O. The lowest BCUT2D eigenvalue weighted by atomic mass is 10.1. The van der Waals surface area contributed by atoms with Crippen molar-refractivity contribution in [3.05, 3.63) is 30.7 Å². The van der Waals surface area contributed by atoms with Crippen molar-refractivity contribution < 1.29 is 4.79 Å². The molecule has 1 aromatic rings. The van der Waals surface area contributed by atoms with Crippen LogP contribution < -0.4 is 4.90 Å². The summed E-state index contributed by atoms with van der Waals surface area (Å²) in [7, 11) is 0. The highest BCUT2D eigenvalue weighted by atomic mass is 16.2. The number of anilines is 1. The molecule has 0 aliphatic carbocycles. The van der Waals surface area contributed by atoms with Crippen LogP contribution in [-0.4, -0.2) is 22.4 Å². The number of hydrogen-bond donors (Lipinski definition) is 0. The minimum absolute atomic E-state index is 0.100. The summed E-state index contributed by atoms with van der Waals surface area (Å²) in [5.74, 6) is 1.01. The summed E-state index contributed by atoms with van der Waals surface area (Å²) in [5, 5.41) is 0. The zero-order valence-electron chi connectivity index (χ0n) is 8.68. The third-order valence-corrected chi connectivity index (χ3v) is 2.60. The highest BCUT2D eigenvalue weighted by Gasteiger charge is 2.30. The average molecular weight is 203 g/mol. The van der Waals surface area contributed by atoms with Gasteiger partial charge in [-0.05, 0) is 6.92 Å². The molecule has 78 valence electrons. The third-order valence-electron chi connectivity index (χ3n) is 2.60. The van der Waals surface area contributed by atoms with Crippen molar-refractivity contribution in [3.8, 4) is 0 Å². The van der Waals surface area contributed by atoms with Gasteiger partial charge in [0.05, 0.1) is 5.69 Å². The summed E-state index contributed by atoms with van der Waals surface area (Å²) in [6.45, 7) is 6.24. The van der Waals surface area contributed by atoms with Crippen molar-refractivity contribution >= 4 is 11.7 Å². The van der Waals surface area contributed by atoms with Gasteiger partial charge < -0.3 is 0 Å². The van der Waals surface area contributed by atoms with Gasteiger partial charge in [-0.15, -0.1) is 6.58 Å². The first-order valence-corrected chi connectivity index (χ1v) is 4.93. The van der Waals surface area contributed by atoms with E-state index in [1.165, 1.54) is 0 Å². The van der Waals surface area contributed by atoms with Gasteiger partial charge in [0.2, 0.25) is 5.91 Å². The Kier molecular flexibility index (Phi) is 2.49. The first-order chi connectivity index (χ1) is 7.22. The van der Waals surface area contributed by atoms with Crippen LogP contribution in [0.3, 0.4) is 0 Å². The van der Waals surface area contributed by atoms with Crippen LogP contribution in [0, 0.1) is 12.8 Å². The quantitative estimate of drug-likeness (QED) is 0.681. The first-order valence-electron chi connectivity index (χ1n) is 4.93. The van der Waals surface area contributed by atoms with E-state index in [0.29, 0.717) is 18.8 Å². The third kappa shape index (κ3) is 1.75. The maximum atomic E-state index is 11.7. The lowest BCUT2D eigenvalue weighted by Gasteiger charge is -2.16. The fourth-order valence-corrected chi connectivity index (χ4v) is 1.76. The highest BCUT2D eigenvalue weighted by molar-refractivity contribution is 5.95. The van der Waals surface area contributed by atoms with Gasteiger partial charge in [0, 0.05) is 31.3 Å². The Hall–Kier alpha value is -1.71. The summed E-state index contributed by atoms with van der Waals surface area (Å²) >= 11 is 0. The zero-order chi connectivity index (χ0) is 10.8. The Morgan fingerprint density at radius 3 is 2.87 bits per heavy atom. The van der Waals surface area contributed by atoms with E-state index in [1.807, 2.05) is 13.0 Å². The van der Waals surface area contributed by atoms with Crippen molar-refractivity contribution in [1.82, 2.24) is 9.97 Å². The monoisotopic (exact) mass is 203 g/mol. The van der Waals surface area contributed by atoms with Crippen LogP contribution in [0.2, 0.25) is 0 Å². The second-order valence-corrected chi connectivity index (χ2v) is 3.67. The van der Waals surface area contributed by atoms with Gasteiger partial charge in [-0.1, -0.05) is 6.08 Å². The van der Waals surface area contributed by atoms with Gasteiger partial charge in [-0.2, -0.15) is 0 Å². The van der Waals surface area contributed by atoms with Crippen LogP contribution in [0.25, 0.3) is 0 Å². The molecule has 1 fully saturated rings. The molecule has 0 saturated carbocycles. The fraction of sp³-hybridized carbons (Fsp3) is 0.364. The van der Waals surface area contributed by atoms with Crippen molar-refractivity contribution in [1.29, 1.82) is 0 Å². The molecule has 1 amide bonds. The van der Waals surface area contributed by atoms with E-state index < -0.39 is 0 Å². The molecule has 0 spiro atoms. The lowest BCUT2D eigenvalue weighted by Crippen LogP contribution is -2.26. The second kappa shape index (κ2) is 3.81. The summed E-state index contributed by atoms with van der Waals surface area (Å²) in [6.07, 6.45) is 5.59. The highest BCUT2D eigenvalue weighted by Crippen LogP contribution is 2.24. The van der Waals surface area contributed by atoms with E-state index in [0.717, 1.165) is 5.69 Å². The molecule has 2 rings (SSSR count). The Balaban J connectivity index is 2.29. The number of hydrogen-bond acceptors (Lipinski definition) is 3.